The fourth-order valence-corrected chi connectivity index (χ4v) is 4.38. The molecule has 39 heavy (non-hydrogen) atoms. The van der Waals surface area contributed by atoms with E-state index in [1.54, 1.807) is 65.4 Å². The molecular formula is C30H27ClN4O4. The van der Waals surface area contributed by atoms with Gasteiger partial charge in [-0.1, -0.05) is 55.8 Å². The van der Waals surface area contributed by atoms with Crippen LogP contribution < -0.4 is 10.7 Å². The Balaban J connectivity index is 0.00000172. The van der Waals surface area contributed by atoms with Crippen LogP contribution in [0.15, 0.2) is 89.9 Å². The van der Waals surface area contributed by atoms with E-state index in [9.17, 15) is 14.4 Å². The van der Waals surface area contributed by atoms with Gasteiger partial charge in [0.25, 0.3) is 5.91 Å². The van der Waals surface area contributed by atoms with E-state index in [1.165, 1.54) is 7.11 Å². The van der Waals surface area contributed by atoms with Gasteiger partial charge in [0.15, 0.2) is 5.43 Å². The number of esters is 1. The molecule has 0 saturated carbocycles. The zero-order valence-corrected chi connectivity index (χ0v) is 22.5. The van der Waals surface area contributed by atoms with Crippen LogP contribution in [0.25, 0.3) is 27.8 Å². The average Bonchev–Trinajstić information content (AvgIpc) is 3.53. The van der Waals surface area contributed by atoms with Crippen molar-refractivity contribution in [2.45, 2.75) is 20.4 Å². The first-order chi connectivity index (χ1) is 19.0. The third-order valence-corrected chi connectivity index (χ3v) is 6.24. The molecule has 1 amide bonds. The van der Waals surface area contributed by atoms with Crippen molar-refractivity contribution in [3.8, 4) is 16.9 Å². The van der Waals surface area contributed by atoms with Crippen molar-refractivity contribution in [1.82, 2.24) is 20.1 Å². The summed E-state index contributed by atoms with van der Waals surface area (Å²) in [5.74, 6) is -1.11. The molecule has 0 aliphatic heterocycles. The summed E-state index contributed by atoms with van der Waals surface area (Å²) in [5, 5.41) is 10.3. The summed E-state index contributed by atoms with van der Waals surface area (Å²) in [6, 6.07) is 22.7. The van der Waals surface area contributed by atoms with E-state index in [2.05, 4.69) is 15.5 Å². The number of halogens is 1. The Morgan fingerprint density at radius 3 is 2.36 bits per heavy atom. The number of fused-ring (bicyclic) bond motifs is 1. The molecule has 0 saturated heterocycles. The molecule has 0 atom stereocenters. The Labute approximate surface area is 230 Å². The molecule has 0 aliphatic rings. The highest BCUT2D eigenvalue weighted by atomic mass is 35.5. The zero-order chi connectivity index (χ0) is 27.9. The number of carbonyl (C=O) groups is 2. The zero-order valence-electron chi connectivity index (χ0n) is 21.7. The van der Waals surface area contributed by atoms with Gasteiger partial charge in [0.1, 0.15) is 5.69 Å². The van der Waals surface area contributed by atoms with Crippen LogP contribution in [0.3, 0.4) is 0 Å². The highest BCUT2D eigenvalue weighted by Crippen LogP contribution is 2.25. The summed E-state index contributed by atoms with van der Waals surface area (Å²) < 4.78 is 6.69. The highest BCUT2D eigenvalue weighted by molar-refractivity contribution is 6.31. The molecule has 0 aliphatic carbocycles. The number of carbonyl (C=O) groups excluding carboxylic acids is 2. The minimum absolute atomic E-state index is 0.0170. The number of rotatable bonds is 6. The number of nitrogens with one attached hydrogen (secondary N) is 2. The third kappa shape index (κ3) is 5.61. The normalized spacial score (nSPS) is 10.5. The molecule has 2 N–H and O–H groups in total. The number of benzene rings is 3. The number of H-pyrrole nitrogens is 1. The predicted octanol–water partition coefficient (Wildman–Crippen LogP) is 5.78. The van der Waals surface area contributed by atoms with Gasteiger partial charge in [-0.3, -0.25) is 14.7 Å². The molecule has 0 unspecified atom stereocenters. The van der Waals surface area contributed by atoms with Gasteiger partial charge in [-0.15, -0.1) is 0 Å². The molecule has 5 aromatic rings. The van der Waals surface area contributed by atoms with Gasteiger partial charge >= 0.3 is 5.97 Å². The van der Waals surface area contributed by atoms with Crippen molar-refractivity contribution < 1.29 is 14.3 Å². The summed E-state index contributed by atoms with van der Waals surface area (Å²) in [5.41, 5.74) is 2.92. The Morgan fingerprint density at radius 2 is 1.72 bits per heavy atom. The summed E-state index contributed by atoms with van der Waals surface area (Å²) in [4.78, 5) is 39.6. The number of hydrogen-bond donors (Lipinski definition) is 2. The van der Waals surface area contributed by atoms with Crippen LogP contribution in [0.1, 0.15) is 40.3 Å². The largest absolute Gasteiger partial charge is 0.464 e. The van der Waals surface area contributed by atoms with Gasteiger partial charge in [0, 0.05) is 34.4 Å². The Hall–Kier alpha value is -4.69. The van der Waals surface area contributed by atoms with Crippen LogP contribution in [0, 0.1) is 0 Å². The molecule has 2 heterocycles. The predicted molar refractivity (Wildman–Crippen MR) is 152 cm³/mol. The van der Waals surface area contributed by atoms with E-state index < -0.39 is 17.3 Å². The second-order valence-electron chi connectivity index (χ2n) is 8.21. The minimum Gasteiger partial charge on any atom is -0.464 e. The first-order valence-corrected chi connectivity index (χ1v) is 12.7. The lowest BCUT2D eigenvalue weighted by Gasteiger charge is -2.20. The van der Waals surface area contributed by atoms with Gasteiger partial charge in [0.05, 0.1) is 23.9 Å². The number of aromatic amines is 1. The molecule has 2 aromatic heterocycles. The van der Waals surface area contributed by atoms with Crippen LogP contribution in [0.4, 0.5) is 0 Å². The summed E-state index contributed by atoms with van der Waals surface area (Å²) in [6.45, 7) is 3.82. The number of para-hydroxylation sites is 1. The topological polar surface area (TPSA) is 106 Å². The van der Waals surface area contributed by atoms with Crippen LogP contribution in [-0.2, 0) is 11.3 Å². The maximum Gasteiger partial charge on any atom is 0.355 e. The second kappa shape index (κ2) is 12.2. The molecule has 5 rings (SSSR count). The fraction of sp³-hybridized carbons (Fsp3) is 0.133. The van der Waals surface area contributed by atoms with E-state index in [-0.39, 0.29) is 17.8 Å². The first-order valence-electron chi connectivity index (χ1n) is 12.4. The molecule has 0 spiro atoms. The van der Waals surface area contributed by atoms with E-state index in [4.69, 9.17) is 16.3 Å². The average molecular weight is 543 g/mol. The number of nitrogens with zero attached hydrogens (tertiary/aromatic N) is 2. The van der Waals surface area contributed by atoms with Crippen LogP contribution in [0.5, 0.6) is 0 Å². The lowest BCUT2D eigenvalue weighted by Crippen LogP contribution is -2.31. The van der Waals surface area contributed by atoms with Crippen molar-refractivity contribution in [2.75, 3.05) is 7.11 Å². The SMILES string of the molecule is CC.COC(=O)c1c(CNC(=O)c2ccc(-c3ccn[nH]3)cc2)c(=O)c2ccc(Cl)cc2n1-c1ccccc1. The number of aromatic nitrogens is 3. The lowest BCUT2D eigenvalue weighted by atomic mass is 10.0. The second-order valence-corrected chi connectivity index (χ2v) is 8.65. The van der Waals surface area contributed by atoms with Gasteiger partial charge in [-0.25, -0.2) is 4.79 Å². The number of amides is 1. The van der Waals surface area contributed by atoms with Crippen LogP contribution in [0.2, 0.25) is 5.02 Å². The highest BCUT2D eigenvalue weighted by Gasteiger charge is 2.25. The van der Waals surface area contributed by atoms with E-state index in [0.29, 0.717) is 27.2 Å². The van der Waals surface area contributed by atoms with Gasteiger partial charge in [0.2, 0.25) is 0 Å². The molecular weight excluding hydrogens is 516 g/mol. The quantitative estimate of drug-likeness (QED) is 0.265. The van der Waals surface area contributed by atoms with Crippen molar-refractivity contribution >= 4 is 34.4 Å². The molecule has 3 aromatic carbocycles. The molecule has 8 nitrogen and oxygen atoms in total. The van der Waals surface area contributed by atoms with E-state index >= 15 is 0 Å². The maximum atomic E-state index is 13.6. The molecule has 0 bridgehead atoms. The number of methoxy groups -OCH3 is 1. The molecule has 0 fully saturated rings. The summed E-state index contributed by atoms with van der Waals surface area (Å²) in [6.07, 6.45) is 1.65. The van der Waals surface area contributed by atoms with Gasteiger partial charge in [-0.2, -0.15) is 5.10 Å². The monoisotopic (exact) mass is 542 g/mol. The van der Waals surface area contributed by atoms with Gasteiger partial charge < -0.3 is 14.6 Å². The first kappa shape index (κ1) is 27.3. The lowest BCUT2D eigenvalue weighted by molar-refractivity contribution is 0.0589. The van der Waals surface area contributed by atoms with Crippen LogP contribution in [-0.4, -0.2) is 33.8 Å². The van der Waals surface area contributed by atoms with Crippen LogP contribution >= 0.6 is 11.6 Å². The maximum absolute atomic E-state index is 13.6. The molecule has 0 radical (unpaired) electrons. The number of hydrogen-bond acceptors (Lipinski definition) is 5. The van der Waals surface area contributed by atoms with Gasteiger partial charge in [-0.05, 0) is 54.1 Å². The van der Waals surface area contributed by atoms with Crippen molar-refractivity contribution in [3.63, 3.8) is 0 Å². The smallest absolute Gasteiger partial charge is 0.355 e. The van der Waals surface area contributed by atoms with E-state index in [1.807, 2.05) is 38.1 Å². The fourth-order valence-electron chi connectivity index (χ4n) is 4.22. The van der Waals surface area contributed by atoms with E-state index in [0.717, 1.165) is 11.3 Å². The third-order valence-electron chi connectivity index (χ3n) is 6.01. The summed E-state index contributed by atoms with van der Waals surface area (Å²) in [7, 11) is 1.24. The Kier molecular flexibility index (Phi) is 8.58. The number of pyridine rings is 1. The standard InChI is InChI=1S/C28H21ClN4O4.C2H6/c1-37-28(36)25-22(16-30-27(35)18-9-7-17(8-10-18)23-13-14-31-32-23)26(34)21-12-11-19(29)15-24(21)33(25)20-5-3-2-4-6-20;1-2/h2-15H,16H2,1H3,(H,30,35)(H,31,32);1-2H3. The molecule has 9 heteroatoms. The van der Waals surface area contributed by atoms with Crippen molar-refractivity contribution in [3.05, 3.63) is 117 Å². The van der Waals surface area contributed by atoms with Crippen molar-refractivity contribution in [2.24, 2.45) is 0 Å². The Bertz CT molecular complexity index is 1660. The molecule has 198 valence electrons. The summed E-state index contributed by atoms with van der Waals surface area (Å²) >= 11 is 6.26. The number of ether oxygens (including phenoxy) is 1. The van der Waals surface area contributed by atoms with Crippen molar-refractivity contribution in [1.29, 1.82) is 0 Å². The Morgan fingerprint density at radius 1 is 1.00 bits per heavy atom. The minimum atomic E-state index is -0.712.